The van der Waals surface area contributed by atoms with Gasteiger partial charge in [0.15, 0.2) is 0 Å². The molecular weight excluding hydrogens is 192 g/mol. The molecule has 4 nitrogen and oxygen atoms in total. The molecule has 2 rings (SSSR count). The largest absolute Gasteiger partial charge is 0.411 e. The molecule has 1 aromatic rings. The SMILES string of the molecule is O=C1CC/C(=N\O)C(c2ccccc2)N1. The molecule has 0 radical (unpaired) electrons. The van der Waals surface area contributed by atoms with Crippen molar-refractivity contribution >= 4 is 11.6 Å². The monoisotopic (exact) mass is 204 g/mol. The zero-order valence-electron chi connectivity index (χ0n) is 8.18. The van der Waals surface area contributed by atoms with E-state index in [1.807, 2.05) is 30.3 Å². The van der Waals surface area contributed by atoms with Gasteiger partial charge in [-0.2, -0.15) is 0 Å². The summed E-state index contributed by atoms with van der Waals surface area (Å²) < 4.78 is 0. The highest BCUT2D eigenvalue weighted by atomic mass is 16.4. The number of nitrogens with one attached hydrogen (secondary N) is 1. The number of carbonyl (C=O) groups is 1. The van der Waals surface area contributed by atoms with E-state index in [0.29, 0.717) is 18.6 Å². The van der Waals surface area contributed by atoms with Gasteiger partial charge in [0.1, 0.15) is 0 Å². The molecule has 1 fully saturated rings. The maximum Gasteiger partial charge on any atom is 0.221 e. The van der Waals surface area contributed by atoms with Crippen LogP contribution >= 0.6 is 0 Å². The van der Waals surface area contributed by atoms with E-state index < -0.39 is 0 Å². The first kappa shape index (κ1) is 9.71. The van der Waals surface area contributed by atoms with Crippen LogP contribution in [-0.2, 0) is 4.79 Å². The van der Waals surface area contributed by atoms with Crippen molar-refractivity contribution < 1.29 is 10.0 Å². The number of oxime groups is 1. The van der Waals surface area contributed by atoms with E-state index in [1.165, 1.54) is 0 Å². The fourth-order valence-corrected chi connectivity index (χ4v) is 1.73. The van der Waals surface area contributed by atoms with Gasteiger partial charge in [-0.3, -0.25) is 4.79 Å². The van der Waals surface area contributed by atoms with E-state index in [1.54, 1.807) is 0 Å². The zero-order chi connectivity index (χ0) is 10.7. The fourth-order valence-electron chi connectivity index (χ4n) is 1.73. The van der Waals surface area contributed by atoms with Gasteiger partial charge in [0.25, 0.3) is 0 Å². The molecule has 1 saturated heterocycles. The quantitative estimate of drug-likeness (QED) is 0.537. The lowest BCUT2D eigenvalue weighted by atomic mass is 9.95. The third kappa shape index (κ3) is 1.98. The van der Waals surface area contributed by atoms with Gasteiger partial charge in [0.05, 0.1) is 11.8 Å². The highest BCUT2D eigenvalue weighted by Crippen LogP contribution is 2.20. The number of nitrogens with zero attached hydrogens (tertiary/aromatic N) is 1. The van der Waals surface area contributed by atoms with Crippen molar-refractivity contribution in [1.82, 2.24) is 5.32 Å². The van der Waals surface area contributed by atoms with Crippen molar-refractivity contribution in [3.8, 4) is 0 Å². The van der Waals surface area contributed by atoms with Crippen molar-refractivity contribution in [3.05, 3.63) is 35.9 Å². The zero-order valence-corrected chi connectivity index (χ0v) is 8.18. The first-order valence-electron chi connectivity index (χ1n) is 4.86. The Bertz CT molecular complexity index is 387. The van der Waals surface area contributed by atoms with Crippen LogP contribution in [0.1, 0.15) is 24.4 Å². The Labute approximate surface area is 87.6 Å². The number of hydrogen-bond acceptors (Lipinski definition) is 3. The molecular formula is C11H12N2O2. The summed E-state index contributed by atoms with van der Waals surface area (Å²) in [6, 6.07) is 9.22. The van der Waals surface area contributed by atoms with Gasteiger partial charge in [-0.1, -0.05) is 35.5 Å². The molecule has 4 heteroatoms. The number of carbonyl (C=O) groups excluding carboxylic acids is 1. The second-order valence-corrected chi connectivity index (χ2v) is 3.50. The lowest BCUT2D eigenvalue weighted by molar-refractivity contribution is -0.121. The van der Waals surface area contributed by atoms with Crippen LogP contribution in [-0.4, -0.2) is 16.8 Å². The maximum atomic E-state index is 11.3. The minimum absolute atomic E-state index is 0.00347. The van der Waals surface area contributed by atoms with Crippen molar-refractivity contribution in [3.63, 3.8) is 0 Å². The van der Waals surface area contributed by atoms with Crippen LogP contribution in [0.4, 0.5) is 0 Å². The highest BCUT2D eigenvalue weighted by molar-refractivity contribution is 5.98. The topological polar surface area (TPSA) is 61.7 Å². The molecule has 1 unspecified atom stereocenters. The van der Waals surface area contributed by atoms with Crippen LogP contribution in [0, 0.1) is 0 Å². The average Bonchev–Trinajstić information content (AvgIpc) is 2.30. The van der Waals surface area contributed by atoms with Crippen LogP contribution < -0.4 is 5.32 Å². The second-order valence-electron chi connectivity index (χ2n) is 3.50. The van der Waals surface area contributed by atoms with Gasteiger partial charge in [-0.25, -0.2) is 0 Å². The predicted octanol–water partition coefficient (Wildman–Crippen LogP) is 1.47. The van der Waals surface area contributed by atoms with Crippen LogP contribution in [0.2, 0.25) is 0 Å². The molecule has 1 aliphatic heterocycles. The Morgan fingerprint density at radius 1 is 1.27 bits per heavy atom. The smallest absolute Gasteiger partial charge is 0.221 e. The standard InChI is InChI=1S/C11H12N2O2/c14-10-7-6-9(13-15)11(12-10)8-4-2-1-3-5-8/h1-5,11,15H,6-7H2,(H,12,14)/b13-9+. The predicted molar refractivity (Wildman–Crippen MR) is 55.8 cm³/mol. The molecule has 1 atom stereocenters. The molecule has 1 aromatic carbocycles. The molecule has 15 heavy (non-hydrogen) atoms. The Morgan fingerprint density at radius 2 is 2.00 bits per heavy atom. The van der Waals surface area contributed by atoms with Gasteiger partial charge in [-0.15, -0.1) is 0 Å². The summed E-state index contributed by atoms with van der Waals surface area (Å²) in [7, 11) is 0. The number of piperidine rings is 1. The second kappa shape index (κ2) is 4.13. The van der Waals surface area contributed by atoms with E-state index in [9.17, 15) is 4.79 Å². The van der Waals surface area contributed by atoms with Gasteiger partial charge in [-0.05, 0) is 5.56 Å². The van der Waals surface area contributed by atoms with Gasteiger partial charge >= 0.3 is 0 Å². The third-order valence-corrected chi connectivity index (χ3v) is 2.51. The maximum absolute atomic E-state index is 11.3. The highest BCUT2D eigenvalue weighted by Gasteiger charge is 2.26. The number of benzene rings is 1. The minimum Gasteiger partial charge on any atom is -0.411 e. The summed E-state index contributed by atoms with van der Waals surface area (Å²) in [4.78, 5) is 11.3. The van der Waals surface area contributed by atoms with Gasteiger partial charge in [0.2, 0.25) is 5.91 Å². The fraction of sp³-hybridized carbons (Fsp3) is 0.273. The molecule has 1 aliphatic rings. The Kier molecular flexibility index (Phi) is 2.67. The molecule has 78 valence electrons. The van der Waals surface area contributed by atoms with E-state index in [4.69, 9.17) is 5.21 Å². The molecule has 0 aromatic heterocycles. The van der Waals surface area contributed by atoms with Crippen LogP contribution in [0.5, 0.6) is 0 Å². The van der Waals surface area contributed by atoms with Crippen molar-refractivity contribution in [1.29, 1.82) is 0 Å². The summed E-state index contributed by atoms with van der Waals surface area (Å²) in [6.07, 6.45) is 0.907. The van der Waals surface area contributed by atoms with E-state index in [-0.39, 0.29) is 11.9 Å². The van der Waals surface area contributed by atoms with Gasteiger partial charge in [0, 0.05) is 12.8 Å². The summed E-state index contributed by atoms with van der Waals surface area (Å²) >= 11 is 0. The Hall–Kier alpha value is -1.84. The van der Waals surface area contributed by atoms with E-state index >= 15 is 0 Å². The summed E-state index contributed by atoms with van der Waals surface area (Å²) in [5.41, 5.74) is 1.55. The van der Waals surface area contributed by atoms with Crippen LogP contribution in [0.3, 0.4) is 0 Å². The normalized spacial score (nSPS) is 23.9. The first-order chi connectivity index (χ1) is 7.31. The molecule has 0 aliphatic carbocycles. The number of hydrogen-bond donors (Lipinski definition) is 2. The van der Waals surface area contributed by atoms with Crippen LogP contribution in [0.25, 0.3) is 0 Å². The number of amides is 1. The molecule has 0 spiro atoms. The van der Waals surface area contributed by atoms with Crippen molar-refractivity contribution in [2.75, 3.05) is 0 Å². The van der Waals surface area contributed by atoms with Crippen molar-refractivity contribution in [2.45, 2.75) is 18.9 Å². The average molecular weight is 204 g/mol. The summed E-state index contributed by atoms with van der Waals surface area (Å²) in [6.45, 7) is 0. The molecule has 2 N–H and O–H groups in total. The van der Waals surface area contributed by atoms with E-state index in [0.717, 1.165) is 5.56 Å². The molecule has 0 saturated carbocycles. The minimum atomic E-state index is -0.280. The lowest BCUT2D eigenvalue weighted by Gasteiger charge is -2.24. The van der Waals surface area contributed by atoms with Crippen LogP contribution in [0.15, 0.2) is 35.5 Å². The lowest BCUT2D eigenvalue weighted by Crippen LogP contribution is -2.38. The van der Waals surface area contributed by atoms with Crippen molar-refractivity contribution in [2.24, 2.45) is 5.16 Å². The Balaban J connectivity index is 2.29. The summed E-state index contributed by atoms with van der Waals surface area (Å²) in [5.74, 6) is -0.00347. The number of rotatable bonds is 1. The first-order valence-corrected chi connectivity index (χ1v) is 4.86. The van der Waals surface area contributed by atoms with Gasteiger partial charge < -0.3 is 10.5 Å². The molecule has 1 heterocycles. The molecule has 0 bridgehead atoms. The Morgan fingerprint density at radius 3 is 2.67 bits per heavy atom. The molecule has 1 amide bonds. The van der Waals surface area contributed by atoms with E-state index in [2.05, 4.69) is 10.5 Å². The third-order valence-electron chi connectivity index (χ3n) is 2.51. The summed E-state index contributed by atoms with van der Waals surface area (Å²) in [5, 5.41) is 14.9.